The molecule has 0 aliphatic rings. The maximum atomic E-state index is 12.3. The van der Waals surface area contributed by atoms with Gasteiger partial charge in [0.05, 0.1) is 22.5 Å². The lowest BCUT2D eigenvalue weighted by molar-refractivity contribution is -0.118. The highest BCUT2D eigenvalue weighted by molar-refractivity contribution is 7.99. The number of para-hydroxylation sites is 3. The van der Waals surface area contributed by atoms with E-state index in [9.17, 15) is 4.79 Å². The van der Waals surface area contributed by atoms with Crippen LogP contribution in [0, 0.1) is 0 Å². The fourth-order valence-electron chi connectivity index (χ4n) is 3.16. The van der Waals surface area contributed by atoms with Crippen molar-refractivity contribution in [1.29, 1.82) is 0 Å². The number of nitrogens with zero attached hydrogens (tertiary/aromatic N) is 4. The molecule has 0 saturated carbocycles. The minimum Gasteiger partial charge on any atom is -0.355 e. The second-order valence-corrected chi connectivity index (χ2v) is 7.50. The SMILES string of the molecule is CCc1ccccc1-n1cnnc1SCC(=O)NCCc1nc2ccccc2[nH]1. The van der Waals surface area contributed by atoms with Gasteiger partial charge in [-0.1, -0.05) is 49.0 Å². The fourth-order valence-corrected chi connectivity index (χ4v) is 3.91. The number of carbonyl (C=O) groups excluding carboxylic acids is 1. The number of H-pyrrole nitrogens is 1. The highest BCUT2D eigenvalue weighted by Gasteiger charge is 2.12. The third-order valence-corrected chi connectivity index (χ3v) is 5.55. The highest BCUT2D eigenvalue weighted by Crippen LogP contribution is 2.22. The molecule has 0 radical (unpaired) electrons. The highest BCUT2D eigenvalue weighted by atomic mass is 32.2. The number of carbonyl (C=O) groups is 1. The number of hydrogen-bond acceptors (Lipinski definition) is 5. The first-order valence-electron chi connectivity index (χ1n) is 9.56. The van der Waals surface area contributed by atoms with E-state index in [2.05, 4.69) is 38.5 Å². The average Bonchev–Trinajstić information content (AvgIpc) is 3.38. The van der Waals surface area contributed by atoms with Gasteiger partial charge < -0.3 is 10.3 Å². The van der Waals surface area contributed by atoms with Crippen LogP contribution in [0.1, 0.15) is 18.3 Å². The molecule has 2 aromatic heterocycles. The number of rotatable bonds is 8. The number of thioether (sulfide) groups is 1. The summed E-state index contributed by atoms with van der Waals surface area (Å²) in [4.78, 5) is 20.0. The van der Waals surface area contributed by atoms with E-state index in [1.165, 1.54) is 17.3 Å². The van der Waals surface area contributed by atoms with Crippen LogP contribution in [0.15, 0.2) is 60.0 Å². The number of fused-ring (bicyclic) bond motifs is 1. The Kier molecular flexibility index (Phi) is 5.90. The van der Waals surface area contributed by atoms with Crippen LogP contribution >= 0.6 is 11.8 Å². The molecule has 2 heterocycles. The fraction of sp³-hybridized carbons (Fsp3) is 0.238. The van der Waals surface area contributed by atoms with E-state index in [0.717, 1.165) is 29.0 Å². The van der Waals surface area contributed by atoms with Crippen molar-refractivity contribution in [2.24, 2.45) is 0 Å². The first kappa shape index (κ1) is 19.2. The maximum Gasteiger partial charge on any atom is 0.230 e. The molecule has 1 amide bonds. The molecule has 8 heteroatoms. The Bertz CT molecular complexity index is 1090. The van der Waals surface area contributed by atoms with Crippen LogP contribution in [0.3, 0.4) is 0 Å². The van der Waals surface area contributed by atoms with Gasteiger partial charge in [-0.25, -0.2) is 4.98 Å². The quantitative estimate of drug-likeness (QED) is 0.439. The van der Waals surface area contributed by atoms with Gasteiger partial charge in [0.25, 0.3) is 0 Å². The van der Waals surface area contributed by atoms with E-state index in [1.54, 1.807) is 6.33 Å². The number of imidazole rings is 1. The summed E-state index contributed by atoms with van der Waals surface area (Å²) in [5.74, 6) is 1.12. The van der Waals surface area contributed by atoms with Crippen LogP contribution in [0.4, 0.5) is 0 Å². The van der Waals surface area contributed by atoms with E-state index in [0.29, 0.717) is 18.1 Å². The number of benzene rings is 2. The second-order valence-electron chi connectivity index (χ2n) is 6.56. The van der Waals surface area contributed by atoms with Gasteiger partial charge in [-0.15, -0.1) is 10.2 Å². The Hall–Kier alpha value is -3.13. The summed E-state index contributed by atoms with van der Waals surface area (Å²) in [6.45, 7) is 2.65. The summed E-state index contributed by atoms with van der Waals surface area (Å²) in [5, 5.41) is 11.8. The number of aromatic amines is 1. The number of aryl methyl sites for hydroxylation is 1. The number of amides is 1. The molecular weight excluding hydrogens is 384 g/mol. The largest absolute Gasteiger partial charge is 0.355 e. The third-order valence-electron chi connectivity index (χ3n) is 4.60. The lowest BCUT2D eigenvalue weighted by atomic mass is 10.1. The predicted octanol–water partition coefficient (Wildman–Crippen LogP) is 3.16. The Morgan fingerprint density at radius 1 is 1.17 bits per heavy atom. The zero-order chi connectivity index (χ0) is 20.1. The van der Waals surface area contributed by atoms with Gasteiger partial charge in [0.1, 0.15) is 12.2 Å². The number of aromatic nitrogens is 5. The van der Waals surface area contributed by atoms with E-state index in [4.69, 9.17) is 0 Å². The van der Waals surface area contributed by atoms with Crippen molar-refractivity contribution in [2.75, 3.05) is 12.3 Å². The van der Waals surface area contributed by atoms with Crippen molar-refractivity contribution in [3.05, 3.63) is 66.2 Å². The summed E-state index contributed by atoms with van der Waals surface area (Å²) in [6.07, 6.45) is 3.27. The molecule has 0 saturated heterocycles. The van der Waals surface area contributed by atoms with Crippen LogP contribution in [0.2, 0.25) is 0 Å². The molecule has 4 rings (SSSR count). The first-order chi connectivity index (χ1) is 14.2. The van der Waals surface area contributed by atoms with Crippen molar-refractivity contribution in [3.63, 3.8) is 0 Å². The minimum absolute atomic E-state index is 0.0376. The summed E-state index contributed by atoms with van der Waals surface area (Å²) in [7, 11) is 0. The topological polar surface area (TPSA) is 88.5 Å². The molecule has 2 N–H and O–H groups in total. The first-order valence-corrected chi connectivity index (χ1v) is 10.5. The smallest absolute Gasteiger partial charge is 0.230 e. The van der Waals surface area contributed by atoms with Crippen molar-refractivity contribution in [2.45, 2.75) is 24.9 Å². The zero-order valence-electron chi connectivity index (χ0n) is 16.1. The summed E-state index contributed by atoms with van der Waals surface area (Å²) in [6, 6.07) is 16.0. The van der Waals surface area contributed by atoms with E-state index < -0.39 is 0 Å². The van der Waals surface area contributed by atoms with Gasteiger partial charge in [-0.05, 0) is 30.2 Å². The Morgan fingerprint density at radius 3 is 2.86 bits per heavy atom. The molecule has 2 aromatic carbocycles. The van der Waals surface area contributed by atoms with Crippen molar-refractivity contribution >= 4 is 28.7 Å². The molecule has 4 aromatic rings. The van der Waals surface area contributed by atoms with E-state index in [-0.39, 0.29) is 11.7 Å². The molecule has 0 fully saturated rings. The van der Waals surface area contributed by atoms with E-state index >= 15 is 0 Å². The van der Waals surface area contributed by atoms with Crippen molar-refractivity contribution in [3.8, 4) is 5.69 Å². The molecule has 7 nitrogen and oxygen atoms in total. The van der Waals surface area contributed by atoms with Crippen LogP contribution in [0.25, 0.3) is 16.7 Å². The van der Waals surface area contributed by atoms with Gasteiger partial charge in [0, 0.05) is 13.0 Å². The molecule has 0 bridgehead atoms. The van der Waals surface area contributed by atoms with Crippen LogP contribution < -0.4 is 5.32 Å². The number of hydrogen-bond donors (Lipinski definition) is 2. The van der Waals surface area contributed by atoms with Crippen molar-refractivity contribution in [1.82, 2.24) is 30.0 Å². The second kappa shape index (κ2) is 8.91. The van der Waals surface area contributed by atoms with Crippen molar-refractivity contribution < 1.29 is 4.79 Å². The minimum atomic E-state index is -0.0376. The Balaban J connectivity index is 1.31. The van der Waals surface area contributed by atoms with Crippen LogP contribution in [0.5, 0.6) is 0 Å². The molecular formula is C21H22N6OS. The number of nitrogens with one attached hydrogen (secondary N) is 2. The standard InChI is InChI=1S/C21H22N6OS/c1-2-15-7-3-6-10-18(15)27-14-23-26-21(27)29-13-20(28)22-12-11-19-24-16-8-4-5-9-17(16)25-19/h3-10,14H,2,11-13H2,1H3,(H,22,28)(H,24,25). The van der Waals surface area contributed by atoms with Gasteiger partial charge in [-0.3, -0.25) is 9.36 Å². The summed E-state index contributed by atoms with van der Waals surface area (Å²) in [5.41, 5.74) is 4.21. The van der Waals surface area contributed by atoms with Gasteiger partial charge in [-0.2, -0.15) is 0 Å². The lowest BCUT2D eigenvalue weighted by Crippen LogP contribution is -2.27. The molecule has 0 unspecified atom stereocenters. The molecule has 0 aliphatic heterocycles. The zero-order valence-corrected chi connectivity index (χ0v) is 16.9. The molecule has 0 atom stereocenters. The maximum absolute atomic E-state index is 12.3. The molecule has 29 heavy (non-hydrogen) atoms. The molecule has 0 spiro atoms. The van der Waals surface area contributed by atoms with Crippen LogP contribution in [-0.4, -0.2) is 42.9 Å². The monoisotopic (exact) mass is 406 g/mol. The third kappa shape index (κ3) is 4.48. The normalized spacial score (nSPS) is 11.1. The molecule has 148 valence electrons. The lowest BCUT2D eigenvalue weighted by Gasteiger charge is -2.10. The summed E-state index contributed by atoms with van der Waals surface area (Å²) < 4.78 is 1.94. The van der Waals surface area contributed by atoms with Gasteiger partial charge in [0.15, 0.2) is 5.16 Å². The van der Waals surface area contributed by atoms with E-state index in [1.807, 2.05) is 47.0 Å². The average molecular weight is 407 g/mol. The predicted molar refractivity (Wildman–Crippen MR) is 114 cm³/mol. The summed E-state index contributed by atoms with van der Waals surface area (Å²) >= 11 is 1.38. The molecule has 0 aliphatic carbocycles. The van der Waals surface area contributed by atoms with Gasteiger partial charge in [0.2, 0.25) is 5.91 Å². The Morgan fingerprint density at radius 2 is 2.00 bits per heavy atom. The van der Waals surface area contributed by atoms with Crippen LogP contribution in [-0.2, 0) is 17.6 Å². The Labute approximate surface area is 173 Å². The van der Waals surface area contributed by atoms with Gasteiger partial charge >= 0.3 is 0 Å².